The maximum absolute atomic E-state index is 11.2. The Kier molecular flexibility index (Phi) is 4.27. The Hall–Kier alpha value is -3.15. The van der Waals surface area contributed by atoms with Crippen molar-refractivity contribution < 1.29 is 29.7 Å². The SMILES string of the molecule is O=C(O)CC1=CC(CC(=O)O)c2cccc3cc(CC(=O)O)cc1c23. The van der Waals surface area contributed by atoms with Crippen molar-refractivity contribution in [3.63, 3.8) is 0 Å². The molecule has 0 fully saturated rings. The maximum Gasteiger partial charge on any atom is 0.307 e. The first-order chi connectivity index (χ1) is 11.8. The highest BCUT2D eigenvalue weighted by Crippen LogP contribution is 2.41. The first-order valence-corrected chi connectivity index (χ1v) is 7.77. The molecule has 0 radical (unpaired) electrons. The molecule has 0 bridgehead atoms. The number of carboxylic acid groups (broad SMARTS) is 3. The van der Waals surface area contributed by atoms with Crippen LogP contribution in [0.2, 0.25) is 0 Å². The van der Waals surface area contributed by atoms with E-state index >= 15 is 0 Å². The summed E-state index contributed by atoms with van der Waals surface area (Å²) >= 11 is 0. The van der Waals surface area contributed by atoms with Crippen LogP contribution < -0.4 is 0 Å². The summed E-state index contributed by atoms with van der Waals surface area (Å²) in [5.41, 5.74) is 2.61. The van der Waals surface area contributed by atoms with Crippen molar-refractivity contribution in [3.05, 3.63) is 53.1 Å². The second kappa shape index (κ2) is 6.39. The lowest BCUT2D eigenvalue weighted by molar-refractivity contribution is -0.137. The van der Waals surface area contributed by atoms with E-state index in [0.717, 1.165) is 16.3 Å². The van der Waals surface area contributed by atoms with Crippen LogP contribution in [0.5, 0.6) is 0 Å². The van der Waals surface area contributed by atoms with Crippen molar-refractivity contribution >= 4 is 34.3 Å². The number of hydrogen-bond donors (Lipinski definition) is 3. The molecule has 1 aliphatic carbocycles. The summed E-state index contributed by atoms with van der Waals surface area (Å²) in [6, 6.07) is 8.93. The maximum atomic E-state index is 11.2. The van der Waals surface area contributed by atoms with Gasteiger partial charge in [0.25, 0.3) is 0 Å². The number of allylic oxidation sites excluding steroid dienone is 1. The third-order valence-corrected chi connectivity index (χ3v) is 4.31. The van der Waals surface area contributed by atoms with Crippen molar-refractivity contribution in [2.45, 2.75) is 25.2 Å². The zero-order chi connectivity index (χ0) is 18.1. The van der Waals surface area contributed by atoms with Crippen LogP contribution in [0, 0.1) is 0 Å². The summed E-state index contributed by atoms with van der Waals surface area (Å²) in [6.45, 7) is 0. The molecule has 2 aromatic carbocycles. The monoisotopic (exact) mass is 340 g/mol. The number of aliphatic carboxylic acids is 3. The fourth-order valence-corrected chi connectivity index (χ4v) is 3.45. The molecule has 0 saturated heterocycles. The molecule has 1 atom stereocenters. The zero-order valence-electron chi connectivity index (χ0n) is 13.2. The zero-order valence-corrected chi connectivity index (χ0v) is 13.2. The second-order valence-electron chi connectivity index (χ2n) is 6.13. The van der Waals surface area contributed by atoms with Crippen LogP contribution in [-0.2, 0) is 20.8 Å². The minimum Gasteiger partial charge on any atom is -0.481 e. The van der Waals surface area contributed by atoms with Gasteiger partial charge in [0.15, 0.2) is 0 Å². The highest BCUT2D eigenvalue weighted by Gasteiger charge is 2.25. The van der Waals surface area contributed by atoms with Crippen LogP contribution in [0.25, 0.3) is 16.3 Å². The van der Waals surface area contributed by atoms with Gasteiger partial charge in [-0.3, -0.25) is 14.4 Å². The van der Waals surface area contributed by atoms with E-state index in [-0.39, 0.29) is 19.3 Å². The molecule has 6 heteroatoms. The lowest BCUT2D eigenvalue weighted by Crippen LogP contribution is -2.12. The Labute approximate surface area is 143 Å². The third kappa shape index (κ3) is 3.38. The fourth-order valence-electron chi connectivity index (χ4n) is 3.45. The summed E-state index contributed by atoms with van der Waals surface area (Å²) in [4.78, 5) is 33.5. The Morgan fingerprint density at radius 2 is 1.64 bits per heavy atom. The quantitative estimate of drug-likeness (QED) is 0.745. The molecule has 3 N–H and O–H groups in total. The smallest absolute Gasteiger partial charge is 0.307 e. The predicted octanol–water partition coefficient (Wildman–Crippen LogP) is 2.90. The first-order valence-electron chi connectivity index (χ1n) is 7.77. The highest BCUT2D eigenvalue weighted by atomic mass is 16.4. The summed E-state index contributed by atoms with van der Waals surface area (Å²) < 4.78 is 0. The van der Waals surface area contributed by atoms with Crippen molar-refractivity contribution in [2.24, 2.45) is 0 Å². The van der Waals surface area contributed by atoms with Crippen LogP contribution in [-0.4, -0.2) is 33.2 Å². The van der Waals surface area contributed by atoms with E-state index in [1.807, 2.05) is 12.1 Å². The molecule has 1 unspecified atom stereocenters. The number of rotatable bonds is 6. The van der Waals surface area contributed by atoms with Gasteiger partial charge < -0.3 is 15.3 Å². The van der Waals surface area contributed by atoms with Gasteiger partial charge in [-0.15, -0.1) is 0 Å². The van der Waals surface area contributed by atoms with Gasteiger partial charge in [-0.1, -0.05) is 36.4 Å². The van der Waals surface area contributed by atoms with Crippen LogP contribution in [0.3, 0.4) is 0 Å². The highest BCUT2D eigenvalue weighted by molar-refractivity contribution is 6.02. The predicted molar refractivity (Wildman–Crippen MR) is 90.5 cm³/mol. The molecular formula is C19H16O6. The number of carboxylic acids is 3. The van der Waals surface area contributed by atoms with Gasteiger partial charge in [0.05, 0.1) is 19.3 Å². The Morgan fingerprint density at radius 3 is 2.28 bits per heavy atom. The Morgan fingerprint density at radius 1 is 0.920 bits per heavy atom. The summed E-state index contributed by atoms with van der Waals surface area (Å²) in [7, 11) is 0. The van der Waals surface area contributed by atoms with E-state index in [2.05, 4.69) is 0 Å². The molecule has 0 aliphatic heterocycles. The molecule has 6 nitrogen and oxygen atoms in total. The first kappa shape index (κ1) is 16.7. The third-order valence-electron chi connectivity index (χ3n) is 4.31. The summed E-state index contributed by atoms with van der Waals surface area (Å²) in [5, 5.41) is 29.0. The Bertz CT molecular complexity index is 925. The standard InChI is InChI=1S/C19H16O6/c20-16(21)6-10-4-11-2-1-3-14-12(8-17(22)23)7-13(9-18(24)25)15(5-10)19(11)14/h1-5,7,12H,6,8-9H2,(H,20,21)(H,22,23)(H,24,25). The topological polar surface area (TPSA) is 112 Å². The summed E-state index contributed by atoms with van der Waals surface area (Å²) in [5.74, 6) is -3.35. The molecule has 0 amide bonds. The lowest BCUT2D eigenvalue weighted by atomic mass is 9.79. The van der Waals surface area contributed by atoms with Gasteiger partial charge >= 0.3 is 17.9 Å². The number of benzene rings is 2. The lowest BCUT2D eigenvalue weighted by Gasteiger charge is -2.25. The minimum atomic E-state index is -1.02. The van der Waals surface area contributed by atoms with Crippen LogP contribution in [0.15, 0.2) is 36.4 Å². The van der Waals surface area contributed by atoms with Gasteiger partial charge in [-0.05, 0) is 33.0 Å². The molecule has 0 aromatic heterocycles. The van der Waals surface area contributed by atoms with E-state index in [1.54, 1.807) is 24.3 Å². The van der Waals surface area contributed by atoms with E-state index < -0.39 is 23.8 Å². The molecule has 128 valence electrons. The average molecular weight is 340 g/mol. The minimum absolute atomic E-state index is 0.126. The van der Waals surface area contributed by atoms with Gasteiger partial charge in [0.2, 0.25) is 0 Å². The van der Waals surface area contributed by atoms with Crippen LogP contribution in [0.1, 0.15) is 35.4 Å². The van der Waals surface area contributed by atoms with Crippen molar-refractivity contribution in [3.8, 4) is 0 Å². The molecule has 1 aliphatic rings. The van der Waals surface area contributed by atoms with Crippen molar-refractivity contribution in [2.75, 3.05) is 0 Å². The van der Waals surface area contributed by atoms with Gasteiger partial charge in [0, 0.05) is 5.92 Å². The molecular weight excluding hydrogens is 324 g/mol. The molecule has 0 heterocycles. The van der Waals surface area contributed by atoms with E-state index in [0.29, 0.717) is 16.7 Å². The van der Waals surface area contributed by atoms with Gasteiger partial charge in [-0.2, -0.15) is 0 Å². The van der Waals surface area contributed by atoms with E-state index in [1.165, 1.54) is 0 Å². The molecule has 0 saturated carbocycles. The van der Waals surface area contributed by atoms with Gasteiger partial charge in [0.1, 0.15) is 0 Å². The molecule has 3 rings (SSSR count). The van der Waals surface area contributed by atoms with Crippen molar-refractivity contribution in [1.82, 2.24) is 0 Å². The van der Waals surface area contributed by atoms with Crippen LogP contribution in [0.4, 0.5) is 0 Å². The average Bonchev–Trinajstić information content (AvgIpc) is 2.49. The molecule has 25 heavy (non-hydrogen) atoms. The largest absolute Gasteiger partial charge is 0.481 e. The van der Waals surface area contributed by atoms with E-state index in [4.69, 9.17) is 10.2 Å². The van der Waals surface area contributed by atoms with Crippen LogP contribution >= 0.6 is 0 Å². The fraction of sp³-hybridized carbons (Fsp3) is 0.211. The molecule has 2 aromatic rings. The number of hydrogen-bond acceptors (Lipinski definition) is 3. The normalized spacial score (nSPS) is 15.7. The second-order valence-corrected chi connectivity index (χ2v) is 6.13. The molecule has 0 spiro atoms. The Balaban J connectivity index is 2.24. The van der Waals surface area contributed by atoms with Crippen molar-refractivity contribution in [1.29, 1.82) is 0 Å². The van der Waals surface area contributed by atoms with E-state index in [9.17, 15) is 19.5 Å². The van der Waals surface area contributed by atoms with Gasteiger partial charge in [-0.25, -0.2) is 0 Å². The number of carbonyl (C=O) groups is 3. The summed E-state index contributed by atoms with van der Waals surface area (Å²) in [6.07, 6.45) is 1.16.